The number of amides is 1. The van der Waals surface area contributed by atoms with Crippen LogP contribution in [-0.4, -0.2) is 51.9 Å². The van der Waals surface area contributed by atoms with Gasteiger partial charge in [0.05, 0.1) is 6.54 Å². The van der Waals surface area contributed by atoms with E-state index < -0.39 is 0 Å². The summed E-state index contributed by atoms with van der Waals surface area (Å²) in [6, 6.07) is 8.48. The minimum absolute atomic E-state index is 0.0387. The van der Waals surface area contributed by atoms with Crippen LogP contribution in [0, 0.1) is 11.7 Å². The minimum Gasteiger partial charge on any atom is -0.384 e. The number of carbonyl (C=O) groups is 1. The number of carbonyl (C=O) groups excluding carboxylic acids is 1. The number of nitrogens with two attached hydrogens (primary N) is 1. The molecule has 142 valence electrons. The second-order valence-electron chi connectivity index (χ2n) is 7.54. The van der Waals surface area contributed by atoms with Crippen molar-refractivity contribution in [2.45, 2.75) is 31.3 Å². The fraction of sp³-hybridized carbons (Fsp3) is 0.450. The highest BCUT2D eigenvalue weighted by Gasteiger charge is 2.47. The molecule has 0 radical (unpaired) electrons. The van der Waals surface area contributed by atoms with E-state index in [1.54, 1.807) is 24.4 Å². The van der Waals surface area contributed by atoms with Crippen molar-refractivity contribution >= 4 is 11.7 Å². The van der Waals surface area contributed by atoms with Crippen molar-refractivity contribution in [3.05, 3.63) is 53.7 Å². The summed E-state index contributed by atoms with van der Waals surface area (Å²) < 4.78 is 13.1. The molecule has 1 saturated carbocycles. The Labute approximate surface area is 158 Å². The van der Waals surface area contributed by atoms with Gasteiger partial charge >= 0.3 is 0 Å². The molecule has 2 aromatic rings. The largest absolute Gasteiger partial charge is 0.384 e. The highest BCUT2D eigenvalue weighted by Crippen LogP contribution is 2.48. The van der Waals surface area contributed by atoms with Crippen LogP contribution in [0.5, 0.6) is 0 Å². The second kappa shape index (κ2) is 7.23. The standard InChI is InChI=1S/C20H24FN5O/c1-25(12-19-23-8-6-18(22)24-19)15-7-9-26(11-15)20(27)17-10-16(17)13-2-4-14(21)5-3-13/h2-6,8,15-17H,7,9-12H2,1H3,(H2,22,23,24). The van der Waals surface area contributed by atoms with Crippen molar-refractivity contribution in [1.29, 1.82) is 0 Å². The van der Waals surface area contributed by atoms with Crippen molar-refractivity contribution in [2.24, 2.45) is 5.92 Å². The summed E-state index contributed by atoms with van der Waals surface area (Å²) in [5.74, 6) is 1.42. The zero-order valence-electron chi connectivity index (χ0n) is 15.4. The molecule has 6 nitrogen and oxygen atoms in total. The fourth-order valence-corrected chi connectivity index (χ4v) is 3.93. The lowest BCUT2D eigenvalue weighted by molar-refractivity contribution is -0.131. The van der Waals surface area contributed by atoms with Crippen LogP contribution in [0.25, 0.3) is 0 Å². The van der Waals surface area contributed by atoms with Crippen LogP contribution in [0.15, 0.2) is 36.5 Å². The number of halogens is 1. The van der Waals surface area contributed by atoms with E-state index in [1.807, 2.05) is 11.9 Å². The molecular formula is C20H24FN5O. The smallest absolute Gasteiger partial charge is 0.226 e. The van der Waals surface area contributed by atoms with Crippen LogP contribution in [0.3, 0.4) is 0 Å². The number of anilines is 1. The van der Waals surface area contributed by atoms with Gasteiger partial charge in [0, 0.05) is 31.2 Å². The first-order valence-electron chi connectivity index (χ1n) is 9.33. The molecule has 2 fully saturated rings. The summed E-state index contributed by atoms with van der Waals surface area (Å²) in [5, 5.41) is 0. The molecule has 2 N–H and O–H groups in total. The van der Waals surface area contributed by atoms with E-state index in [0.717, 1.165) is 31.5 Å². The monoisotopic (exact) mass is 369 g/mol. The lowest BCUT2D eigenvalue weighted by Gasteiger charge is -2.24. The number of nitrogen functional groups attached to an aromatic ring is 1. The van der Waals surface area contributed by atoms with Gasteiger partial charge in [0.1, 0.15) is 17.5 Å². The van der Waals surface area contributed by atoms with Crippen LogP contribution >= 0.6 is 0 Å². The number of likely N-dealkylation sites (tertiary alicyclic amines) is 1. The Bertz CT molecular complexity index is 827. The molecule has 0 bridgehead atoms. The number of likely N-dealkylation sites (N-methyl/N-ethyl adjacent to an activating group) is 1. The SMILES string of the molecule is CN(Cc1nccc(N)n1)C1CCN(C(=O)C2CC2c2ccc(F)cc2)C1. The average Bonchev–Trinajstić information content (AvgIpc) is 3.28. The van der Waals surface area contributed by atoms with E-state index in [2.05, 4.69) is 14.9 Å². The average molecular weight is 369 g/mol. The van der Waals surface area contributed by atoms with Crippen molar-refractivity contribution in [3.8, 4) is 0 Å². The van der Waals surface area contributed by atoms with E-state index in [1.165, 1.54) is 12.1 Å². The Hall–Kier alpha value is -2.54. The third kappa shape index (κ3) is 3.93. The Morgan fingerprint density at radius 3 is 2.85 bits per heavy atom. The summed E-state index contributed by atoms with van der Waals surface area (Å²) in [6.07, 6.45) is 3.47. The molecule has 7 heteroatoms. The Morgan fingerprint density at radius 1 is 1.33 bits per heavy atom. The van der Waals surface area contributed by atoms with Crippen molar-refractivity contribution in [2.75, 3.05) is 25.9 Å². The summed E-state index contributed by atoms with van der Waals surface area (Å²) in [6.45, 7) is 2.11. The zero-order valence-corrected chi connectivity index (χ0v) is 15.4. The van der Waals surface area contributed by atoms with Crippen LogP contribution in [-0.2, 0) is 11.3 Å². The molecule has 1 aromatic carbocycles. The Morgan fingerprint density at radius 2 is 2.11 bits per heavy atom. The van der Waals surface area contributed by atoms with Gasteiger partial charge < -0.3 is 10.6 Å². The van der Waals surface area contributed by atoms with E-state index in [9.17, 15) is 9.18 Å². The second-order valence-corrected chi connectivity index (χ2v) is 7.54. The summed E-state index contributed by atoms with van der Waals surface area (Å²) >= 11 is 0. The summed E-state index contributed by atoms with van der Waals surface area (Å²) in [5.41, 5.74) is 6.77. The quantitative estimate of drug-likeness (QED) is 0.873. The van der Waals surface area contributed by atoms with Crippen LogP contribution < -0.4 is 5.73 Å². The van der Waals surface area contributed by atoms with Gasteiger partial charge in [0.2, 0.25) is 5.91 Å². The van der Waals surface area contributed by atoms with Gasteiger partial charge in [-0.15, -0.1) is 0 Å². The van der Waals surface area contributed by atoms with Gasteiger partial charge in [-0.3, -0.25) is 9.69 Å². The van der Waals surface area contributed by atoms with Gasteiger partial charge in [-0.25, -0.2) is 14.4 Å². The first-order valence-corrected chi connectivity index (χ1v) is 9.33. The van der Waals surface area contributed by atoms with Crippen LogP contribution in [0.1, 0.15) is 30.1 Å². The minimum atomic E-state index is -0.239. The Kier molecular flexibility index (Phi) is 4.78. The van der Waals surface area contributed by atoms with E-state index in [0.29, 0.717) is 24.2 Å². The molecule has 2 heterocycles. The number of rotatable bonds is 5. The fourth-order valence-electron chi connectivity index (χ4n) is 3.93. The number of nitrogens with zero attached hydrogens (tertiary/aromatic N) is 4. The lowest BCUT2D eigenvalue weighted by atomic mass is 10.1. The van der Waals surface area contributed by atoms with E-state index in [4.69, 9.17) is 5.73 Å². The number of benzene rings is 1. The van der Waals surface area contributed by atoms with E-state index in [-0.39, 0.29) is 23.6 Å². The molecule has 4 rings (SSSR count). The van der Waals surface area contributed by atoms with Crippen LogP contribution in [0.2, 0.25) is 0 Å². The maximum absolute atomic E-state index is 13.1. The summed E-state index contributed by atoms with van der Waals surface area (Å²) in [4.78, 5) is 25.5. The van der Waals surface area contributed by atoms with Gasteiger partial charge in [-0.2, -0.15) is 0 Å². The molecule has 27 heavy (non-hydrogen) atoms. The normalized spacial score (nSPS) is 24.4. The molecule has 3 atom stereocenters. The van der Waals surface area contributed by atoms with E-state index >= 15 is 0 Å². The predicted molar refractivity (Wildman–Crippen MR) is 100 cm³/mol. The maximum Gasteiger partial charge on any atom is 0.226 e. The van der Waals surface area contributed by atoms with Crippen molar-refractivity contribution in [1.82, 2.24) is 19.8 Å². The molecular weight excluding hydrogens is 345 g/mol. The Balaban J connectivity index is 1.31. The van der Waals surface area contributed by atoms with Gasteiger partial charge in [-0.1, -0.05) is 12.1 Å². The molecule has 1 aliphatic carbocycles. The topological polar surface area (TPSA) is 75.4 Å². The molecule has 1 saturated heterocycles. The predicted octanol–water partition coefficient (Wildman–Crippen LogP) is 2.03. The molecule has 1 aliphatic heterocycles. The molecule has 0 spiro atoms. The molecule has 2 aliphatic rings. The molecule has 3 unspecified atom stereocenters. The third-order valence-corrected chi connectivity index (χ3v) is 5.62. The molecule has 1 amide bonds. The lowest BCUT2D eigenvalue weighted by Crippen LogP contribution is -2.37. The van der Waals surface area contributed by atoms with Gasteiger partial charge in [-0.05, 0) is 49.6 Å². The maximum atomic E-state index is 13.1. The highest BCUT2D eigenvalue weighted by molar-refractivity contribution is 5.83. The highest BCUT2D eigenvalue weighted by atomic mass is 19.1. The molecule has 1 aromatic heterocycles. The zero-order chi connectivity index (χ0) is 19.0. The van der Waals surface area contributed by atoms with Gasteiger partial charge in [0.15, 0.2) is 0 Å². The van der Waals surface area contributed by atoms with Crippen LogP contribution in [0.4, 0.5) is 10.2 Å². The number of hydrogen-bond donors (Lipinski definition) is 1. The number of aromatic nitrogens is 2. The first-order chi connectivity index (χ1) is 13.0. The summed E-state index contributed by atoms with van der Waals surface area (Å²) in [7, 11) is 2.03. The van der Waals surface area contributed by atoms with Crippen molar-refractivity contribution in [3.63, 3.8) is 0 Å². The number of hydrogen-bond acceptors (Lipinski definition) is 5. The van der Waals surface area contributed by atoms with Crippen molar-refractivity contribution < 1.29 is 9.18 Å². The third-order valence-electron chi connectivity index (χ3n) is 5.62. The first kappa shape index (κ1) is 17.9. The van der Waals surface area contributed by atoms with Gasteiger partial charge in [0.25, 0.3) is 0 Å².